The molecule has 1 heterocycles. The molecule has 0 amide bonds. The van der Waals surface area contributed by atoms with Crippen LogP contribution in [0.25, 0.3) is 0 Å². The van der Waals surface area contributed by atoms with Crippen molar-refractivity contribution in [1.29, 1.82) is 0 Å². The minimum Gasteiger partial charge on any atom is -0.309 e. The average molecular weight is 278 g/mol. The standard InChI is InChI=1S/C11H13ClFNO2S/c12-9-3-8(4-10(13)5-9)6-14-11-1-2-17(15,16)7-11/h3-5,11,14H,1-2,6-7H2. The lowest BCUT2D eigenvalue weighted by Crippen LogP contribution is -2.29. The van der Waals surface area contributed by atoms with E-state index in [2.05, 4.69) is 5.32 Å². The van der Waals surface area contributed by atoms with Gasteiger partial charge in [0.15, 0.2) is 9.84 Å². The fourth-order valence-corrected chi connectivity index (χ4v) is 3.88. The molecule has 0 saturated carbocycles. The lowest BCUT2D eigenvalue weighted by atomic mass is 10.2. The number of hydrogen-bond acceptors (Lipinski definition) is 3. The molecule has 1 atom stereocenters. The molecule has 17 heavy (non-hydrogen) atoms. The number of sulfone groups is 1. The smallest absolute Gasteiger partial charge is 0.151 e. The highest BCUT2D eigenvalue weighted by Crippen LogP contribution is 2.16. The van der Waals surface area contributed by atoms with Crippen molar-refractivity contribution in [3.05, 3.63) is 34.6 Å². The first-order chi connectivity index (χ1) is 7.94. The van der Waals surface area contributed by atoms with Crippen molar-refractivity contribution in [2.24, 2.45) is 0 Å². The molecule has 1 unspecified atom stereocenters. The molecule has 6 heteroatoms. The Morgan fingerprint density at radius 2 is 2.18 bits per heavy atom. The van der Waals surface area contributed by atoms with Crippen molar-refractivity contribution >= 4 is 21.4 Å². The molecule has 0 spiro atoms. The van der Waals surface area contributed by atoms with Crippen LogP contribution in [0.2, 0.25) is 5.02 Å². The van der Waals surface area contributed by atoms with Crippen molar-refractivity contribution in [2.75, 3.05) is 11.5 Å². The van der Waals surface area contributed by atoms with Crippen LogP contribution in [0.5, 0.6) is 0 Å². The molecule has 1 aromatic carbocycles. The van der Waals surface area contributed by atoms with Crippen LogP contribution in [0.3, 0.4) is 0 Å². The van der Waals surface area contributed by atoms with Gasteiger partial charge in [0.25, 0.3) is 0 Å². The molecule has 3 nitrogen and oxygen atoms in total. The monoisotopic (exact) mass is 277 g/mol. The lowest BCUT2D eigenvalue weighted by Gasteiger charge is -2.10. The van der Waals surface area contributed by atoms with E-state index in [1.165, 1.54) is 12.1 Å². The second kappa shape index (κ2) is 4.92. The van der Waals surface area contributed by atoms with Crippen molar-refractivity contribution in [3.63, 3.8) is 0 Å². The van der Waals surface area contributed by atoms with Crippen LogP contribution in [-0.2, 0) is 16.4 Å². The third-order valence-corrected chi connectivity index (χ3v) is 4.74. The zero-order valence-electron chi connectivity index (χ0n) is 9.12. The van der Waals surface area contributed by atoms with Gasteiger partial charge in [-0.1, -0.05) is 11.6 Å². The molecule has 0 aliphatic carbocycles. The molecule has 1 N–H and O–H groups in total. The summed E-state index contributed by atoms with van der Waals surface area (Å²) in [6, 6.07) is 4.26. The molecule has 1 aliphatic heterocycles. The quantitative estimate of drug-likeness (QED) is 0.916. The fourth-order valence-electron chi connectivity index (χ4n) is 1.93. The van der Waals surface area contributed by atoms with Gasteiger partial charge in [-0.3, -0.25) is 0 Å². The van der Waals surface area contributed by atoms with Crippen LogP contribution in [0.15, 0.2) is 18.2 Å². The summed E-state index contributed by atoms with van der Waals surface area (Å²) < 4.78 is 35.5. The van der Waals surface area contributed by atoms with Gasteiger partial charge in [0.1, 0.15) is 5.82 Å². The van der Waals surface area contributed by atoms with E-state index < -0.39 is 9.84 Å². The van der Waals surface area contributed by atoms with Crippen molar-refractivity contribution in [3.8, 4) is 0 Å². The van der Waals surface area contributed by atoms with Crippen LogP contribution in [0.1, 0.15) is 12.0 Å². The van der Waals surface area contributed by atoms with Crippen molar-refractivity contribution in [1.82, 2.24) is 5.32 Å². The first kappa shape index (κ1) is 12.8. The van der Waals surface area contributed by atoms with Crippen LogP contribution in [0, 0.1) is 5.82 Å². The maximum Gasteiger partial charge on any atom is 0.151 e. The number of rotatable bonds is 3. The highest BCUT2D eigenvalue weighted by Gasteiger charge is 2.27. The summed E-state index contributed by atoms with van der Waals surface area (Å²) in [5.74, 6) is 0.0123. The van der Waals surface area contributed by atoms with E-state index in [1.807, 2.05) is 0 Å². The Bertz CT molecular complexity index is 498. The normalized spacial score (nSPS) is 22.8. The molecule has 94 valence electrons. The predicted molar refractivity (Wildman–Crippen MR) is 65.3 cm³/mol. The maximum atomic E-state index is 13.0. The van der Waals surface area contributed by atoms with E-state index in [0.717, 1.165) is 5.56 Å². The SMILES string of the molecule is O=S1(=O)CCC(NCc2cc(F)cc(Cl)c2)C1. The van der Waals surface area contributed by atoms with Gasteiger partial charge in [-0.25, -0.2) is 12.8 Å². The second-order valence-electron chi connectivity index (χ2n) is 4.26. The molecule has 1 aromatic rings. The zero-order chi connectivity index (χ0) is 12.5. The Kier molecular flexibility index (Phi) is 3.70. The summed E-state index contributed by atoms with van der Waals surface area (Å²) in [5, 5.41) is 3.45. The second-order valence-corrected chi connectivity index (χ2v) is 6.92. The summed E-state index contributed by atoms with van der Waals surface area (Å²) in [5.41, 5.74) is 0.722. The van der Waals surface area contributed by atoms with E-state index in [-0.39, 0.29) is 23.4 Å². The fraction of sp³-hybridized carbons (Fsp3) is 0.455. The Hall–Kier alpha value is -0.650. The van der Waals surface area contributed by atoms with E-state index in [4.69, 9.17) is 11.6 Å². The topological polar surface area (TPSA) is 46.2 Å². The van der Waals surface area contributed by atoms with Gasteiger partial charge in [0.05, 0.1) is 11.5 Å². The highest BCUT2D eigenvalue weighted by molar-refractivity contribution is 7.91. The molecule has 0 aromatic heterocycles. The van der Waals surface area contributed by atoms with E-state index >= 15 is 0 Å². The highest BCUT2D eigenvalue weighted by atomic mass is 35.5. The molecule has 1 saturated heterocycles. The third-order valence-electron chi connectivity index (χ3n) is 2.75. The van der Waals surface area contributed by atoms with Gasteiger partial charge < -0.3 is 5.32 Å². The maximum absolute atomic E-state index is 13.0. The van der Waals surface area contributed by atoms with Crippen LogP contribution < -0.4 is 5.32 Å². The summed E-state index contributed by atoms with van der Waals surface area (Å²) in [4.78, 5) is 0. The van der Waals surface area contributed by atoms with Gasteiger partial charge in [-0.05, 0) is 30.2 Å². The zero-order valence-corrected chi connectivity index (χ0v) is 10.7. The van der Waals surface area contributed by atoms with Gasteiger partial charge in [0, 0.05) is 17.6 Å². The average Bonchev–Trinajstić information content (AvgIpc) is 2.54. The number of benzene rings is 1. The Labute approximate surface area is 105 Å². The van der Waals surface area contributed by atoms with Gasteiger partial charge in [-0.15, -0.1) is 0 Å². The molecule has 1 fully saturated rings. The predicted octanol–water partition coefficient (Wildman–Crippen LogP) is 1.76. The van der Waals surface area contributed by atoms with Crippen LogP contribution in [-0.4, -0.2) is 26.0 Å². The van der Waals surface area contributed by atoms with E-state index in [9.17, 15) is 12.8 Å². The third kappa shape index (κ3) is 3.66. The Morgan fingerprint density at radius 3 is 2.76 bits per heavy atom. The molecule has 2 rings (SSSR count). The van der Waals surface area contributed by atoms with E-state index in [0.29, 0.717) is 18.0 Å². The molecule has 1 aliphatic rings. The summed E-state index contributed by atoms with van der Waals surface area (Å²) in [7, 11) is -2.88. The first-order valence-corrected chi connectivity index (χ1v) is 7.53. The van der Waals surface area contributed by atoms with Crippen LogP contribution in [0.4, 0.5) is 4.39 Å². The summed E-state index contributed by atoms with van der Waals surface area (Å²) in [6.07, 6.45) is 0.616. The largest absolute Gasteiger partial charge is 0.309 e. The van der Waals surface area contributed by atoms with Gasteiger partial charge in [0.2, 0.25) is 0 Å². The summed E-state index contributed by atoms with van der Waals surface area (Å²) >= 11 is 5.73. The number of halogens is 2. The van der Waals surface area contributed by atoms with Crippen molar-refractivity contribution < 1.29 is 12.8 Å². The first-order valence-electron chi connectivity index (χ1n) is 5.33. The molecular formula is C11H13ClFNO2S. The molecule has 0 bridgehead atoms. The van der Waals surface area contributed by atoms with Crippen LogP contribution >= 0.6 is 11.6 Å². The summed E-state index contributed by atoms with van der Waals surface area (Å²) in [6.45, 7) is 0.428. The minimum atomic E-state index is -2.88. The number of hydrogen-bond donors (Lipinski definition) is 1. The number of nitrogens with one attached hydrogen (secondary N) is 1. The van der Waals surface area contributed by atoms with Crippen molar-refractivity contribution in [2.45, 2.75) is 19.0 Å². The van der Waals surface area contributed by atoms with E-state index in [1.54, 1.807) is 6.07 Å². The lowest BCUT2D eigenvalue weighted by molar-refractivity contribution is 0.551. The van der Waals surface area contributed by atoms with Gasteiger partial charge in [-0.2, -0.15) is 0 Å². The Morgan fingerprint density at radius 1 is 1.41 bits per heavy atom. The molecule has 0 radical (unpaired) electrons. The molecular weight excluding hydrogens is 265 g/mol. The minimum absolute atomic E-state index is 0.0398. The Balaban J connectivity index is 1.94. The van der Waals surface area contributed by atoms with Gasteiger partial charge >= 0.3 is 0 Å².